The van der Waals surface area contributed by atoms with E-state index in [9.17, 15) is 9.18 Å². The molecule has 20 heavy (non-hydrogen) atoms. The highest BCUT2D eigenvalue weighted by Gasteiger charge is 2.18. The Balaban J connectivity index is 1.82. The predicted molar refractivity (Wildman–Crippen MR) is 76.4 cm³/mol. The Hall–Kier alpha value is -1.74. The maximum atomic E-state index is 13.7. The van der Waals surface area contributed by atoms with Crippen LogP contribution in [0.4, 0.5) is 4.39 Å². The Morgan fingerprint density at radius 3 is 2.75 bits per heavy atom. The molecule has 1 aliphatic rings. The largest absolute Gasteiger partial charge is 0.378 e. The molecule has 2 aromatic carbocycles. The number of hydrogen-bond donors (Lipinski definition) is 0. The van der Waals surface area contributed by atoms with Crippen molar-refractivity contribution in [3.05, 3.63) is 47.8 Å². The lowest BCUT2D eigenvalue weighted by Crippen LogP contribution is -2.09. The molecule has 2 nitrogen and oxygen atoms in total. The molecule has 1 saturated heterocycles. The minimum atomic E-state index is -0.281. The van der Waals surface area contributed by atoms with Gasteiger partial charge in [-0.1, -0.05) is 24.3 Å². The molecule has 1 atom stereocenters. The summed E-state index contributed by atoms with van der Waals surface area (Å²) in [5.41, 5.74) is 0.611. The molecule has 0 radical (unpaired) electrons. The standard InChI is InChI=1S/C17H17FO2/c18-16-9-8-15(13-5-1-2-6-14(13)16)17(19)10-7-12-4-3-11-20-12/h1-2,5-6,8-9,12H,3-4,7,10-11H2. The van der Waals surface area contributed by atoms with Crippen molar-refractivity contribution in [2.24, 2.45) is 0 Å². The average Bonchev–Trinajstić information content (AvgIpc) is 2.99. The molecule has 1 unspecified atom stereocenters. The molecule has 104 valence electrons. The highest BCUT2D eigenvalue weighted by molar-refractivity contribution is 6.08. The van der Waals surface area contributed by atoms with Crippen LogP contribution in [0.5, 0.6) is 0 Å². The molecule has 0 saturated carbocycles. The fourth-order valence-electron chi connectivity index (χ4n) is 2.80. The van der Waals surface area contributed by atoms with Crippen molar-refractivity contribution >= 4 is 16.6 Å². The van der Waals surface area contributed by atoms with Crippen molar-refractivity contribution in [1.82, 2.24) is 0 Å². The van der Waals surface area contributed by atoms with Gasteiger partial charge < -0.3 is 4.74 Å². The first-order valence-electron chi connectivity index (χ1n) is 7.08. The van der Waals surface area contributed by atoms with Crippen molar-refractivity contribution < 1.29 is 13.9 Å². The molecule has 0 amide bonds. The SMILES string of the molecule is O=C(CCC1CCCO1)c1ccc(F)c2ccccc12. The lowest BCUT2D eigenvalue weighted by atomic mass is 9.97. The Morgan fingerprint density at radius 2 is 2.00 bits per heavy atom. The topological polar surface area (TPSA) is 26.3 Å². The van der Waals surface area contributed by atoms with Crippen molar-refractivity contribution in [2.75, 3.05) is 6.61 Å². The summed E-state index contributed by atoms with van der Waals surface area (Å²) >= 11 is 0. The molecule has 0 spiro atoms. The first kappa shape index (κ1) is 13.3. The van der Waals surface area contributed by atoms with E-state index < -0.39 is 0 Å². The monoisotopic (exact) mass is 272 g/mol. The van der Waals surface area contributed by atoms with Crippen LogP contribution >= 0.6 is 0 Å². The van der Waals surface area contributed by atoms with E-state index in [1.54, 1.807) is 24.3 Å². The van der Waals surface area contributed by atoms with Gasteiger partial charge in [0.25, 0.3) is 0 Å². The number of ketones is 1. The molecule has 0 bridgehead atoms. The molecule has 3 rings (SSSR count). The zero-order valence-electron chi connectivity index (χ0n) is 11.3. The summed E-state index contributed by atoms with van der Waals surface area (Å²) in [6, 6.07) is 10.1. The number of rotatable bonds is 4. The van der Waals surface area contributed by atoms with Crippen LogP contribution in [-0.2, 0) is 4.74 Å². The van der Waals surface area contributed by atoms with Gasteiger partial charge in [0.15, 0.2) is 5.78 Å². The highest BCUT2D eigenvalue weighted by atomic mass is 19.1. The van der Waals surface area contributed by atoms with Crippen LogP contribution in [0.1, 0.15) is 36.0 Å². The maximum Gasteiger partial charge on any atom is 0.163 e. The molecule has 0 aromatic heterocycles. The van der Waals surface area contributed by atoms with Crippen LogP contribution in [0.25, 0.3) is 10.8 Å². The van der Waals surface area contributed by atoms with E-state index >= 15 is 0 Å². The highest BCUT2D eigenvalue weighted by Crippen LogP contribution is 2.24. The summed E-state index contributed by atoms with van der Waals surface area (Å²) in [7, 11) is 0. The Labute approximate surface area is 117 Å². The fourth-order valence-corrected chi connectivity index (χ4v) is 2.80. The van der Waals surface area contributed by atoms with Crippen LogP contribution < -0.4 is 0 Å². The smallest absolute Gasteiger partial charge is 0.163 e. The maximum absolute atomic E-state index is 13.7. The van der Waals surface area contributed by atoms with Crippen LogP contribution in [-0.4, -0.2) is 18.5 Å². The number of Topliss-reactive ketones (excluding diaryl/α,β-unsaturated/α-hetero) is 1. The molecule has 0 N–H and O–H groups in total. The number of carbonyl (C=O) groups excluding carboxylic acids is 1. The number of ether oxygens (including phenoxy) is 1. The predicted octanol–water partition coefficient (Wildman–Crippen LogP) is 4.12. The van der Waals surface area contributed by atoms with E-state index in [0.29, 0.717) is 22.8 Å². The van der Waals surface area contributed by atoms with Crippen molar-refractivity contribution in [1.29, 1.82) is 0 Å². The third-order valence-corrected chi connectivity index (χ3v) is 3.89. The minimum Gasteiger partial charge on any atom is -0.378 e. The van der Waals surface area contributed by atoms with Crippen LogP contribution in [0.15, 0.2) is 36.4 Å². The summed E-state index contributed by atoms with van der Waals surface area (Å²) in [6.07, 6.45) is 3.55. The van der Waals surface area contributed by atoms with Crippen molar-refractivity contribution in [3.63, 3.8) is 0 Å². The molecule has 2 aromatic rings. The molecule has 1 aliphatic heterocycles. The van der Waals surface area contributed by atoms with Gasteiger partial charge in [0.1, 0.15) is 5.82 Å². The van der Waals surface area contributed by atoms with Gasteiger partial charge in [0, 0.05) is 24.0 Å². The van der Waals surface area contributed by atoms with E-state index in [2.05, 4.69) is 0 Å². The summed E-state index contributed by atoms with van der Waals surface area (Å²) in [4.78, 5) is 12.3. The second-order valence-corrected chi connectivity index (χ2v) is 5.24. The number of hydrogen-bond acceptors (Lipinski definition) is 2. The minimum absolute atomic E-state index is 0.0664. The first-order chi connectivity index (χ1) is 9.75. The molecular formula is C17H17FO2. The zero-order chi connectivity index (χ0) is 13.9. The van der Waals surface area contributed by atoms with Gasteiger partial charge in [-0.3, -0.25) is 4.79 Å². The zero-order valence-corrected chi connectivity index (χ0v) is 11.3. The molecule has 1 heterocycles. The van der Waals surface area contributed by atoms with Gasteiger partial charge in [-0.25, -0.2) is 4.39 Å². The van der Waals surface area contributed by atoms with Crippen molar-refractivity contribution in [3.8, 4) is 0 Å². The van der Waals surface area contributed by atoms with E-state index in [0.717, 1.165) is 25.9 Å². The van der Waals surface area contributed by atoms with E-state index in [-0.39, 0.29) is 17.7 Å². The van der Waals surface area contributed by atoms with Gasteiger partial charge in [-0.15, -0.1) is 0 Å². The number of fused-ring (bicyclic) bond motifs is 1. The first-order valence-corrected chi connectivity index (χ1v) is 7.08. The lowest BCUT2D eigenvalue weighted by molar-refractivity contribution is 0.0860. The Kier molecular flexibility index (Phi) is 3.79. The van der Waals surface area contributed by atoms with Gasteiger partial charge >= 0.3 is 0 Å². The second-order valence-electron chi connectivity index (χ2n) is 5.24. The Bertz CT molecular complexity index is 630. The number of halogens is 1. The fraction of sp³-hybridized carbons (Fsp3) is 0.353. The van der Waals surface area contributed by atoms with Crippen LogP contribution in [0, 0.1) is 5.82 Å². The van der Waals surface area contributed by atoms with Gasteiger partial charge in [0.2, 0.25) is 0 Å². The van der Waals surface area contributed by atoms with E-state index in [1.165, 1.54) is 6.07 Å². The summed E-state index contributed by atoms with van der Waals surface area (Å²) in [6.45, 7) is 0.804. The van der Waals surface area contributed by atoms with Crippen LogP contribution in [0.2, 0.25) is 0 Å². The quantitative estimate of drug-likeness (QED) is 0.782. The molecule has 3 heteroatoms. The molecule has 1 fully saturated rings. The van der Waals surface area contributed by atoms with Crippen molar-refractivity contribution in [2.45, 2.75) is 31.8 Å². The number of benzene rings is 2. The van der Waals surface area contributed by atoms with E-state index in [4.69, 9.17) is 4.74 Å². The van der Waals surface area contributed by atoms with Gasteiger partial charge in [-0.05, 0) is 36.8 Å². The number of carbonyl (C=O) groups is 1. The van der Waals surface area contributed by atoms with Gasteiger partial charge in [0.05, 0.1) is 6.10 Å². The average molecular weight is 272 g/mol. The lowest BCUT2D eigenvalue weighted by Gasteiger charge is -2.10. The summed E-state index contributed by atoms with van der Waals surface area (Å²) < 4.78 is 19.3. The third-order valence-electron chi connectivity index (χ3n) is 3.89. The van der Waals surface area contributed by atoms with Crippen LogP contribution in [0.3, 0.4) is 0 Å². The third kappa shape index (κ3) is 2.59. The molecule has 0 aliphatic carbocycles. The molecular weight excluding hydrogens is 255 g/mol. The normalized spacial score (nSPS) is 18.6. The Morgan fingerprint density at radius 1 is 1.20 bits per heavy atom. The second kappa shape index (κ2) is 5.71. The van der Waals surface area contributed by atoms with Gasteiger partial charge in [-0.2, -0.15) is 0 Å². The summed E-state index contributed by atoms with van der Waals surface area (Å²) in [5, 5.41) is 1.21. The van der Waals surface area contributed by atoms with E-state index in [1.807, 2.05) is 6.07 Å². The summed E-state index contributed by atoms with van der Waals surface area (Å²) in [5.74, 6) is -0.215.